The summed E-state index contributed by atoms with van der Waals surface area (Å²) >= 11 is 1.59. The molecular weight excluding hydrogens is 394 g/mol. The fraction of sp³-hybridized carbons (Fsp3) is 0.500. The second-order valence-corrected chi connectivity index (χ2v) is 8.26. The van der Waals surface area contributed by atoms with E-state index in [1.165, 1.54) is 0 Å². The summed E-state index contributed by atoms with van der Waals surface area (Å²) in [5.74, 6) is -1.67. The minimum Gasteiger partial charge on any atom is -0.454 e. The molecule has 4 amide bonds. The van der Waals surface area contributed by atoms with Gasteiger partial charge in [-0.2, -0.15) is 0 Å². The highest BCUT2D eigenvalue weighted by Gasteiger charge is 2.55. The third kappa shape index (κ3) is 4.55. The molecule has 2 fully saturated rings. The van der Waals surface area contributed by atoms with Crippen LogP contribution in [0.15, 0.2) is 29.2 Å². The third-order valence-corrected chi connectivity index (χ3v) is 6.27. The van der Waals surface area contributed by atoms with Gasteiger partial charge in [-0.25, -0.2) is 4.79 Å². The molecule has 2 atom stereocenters. The average molecular weight is 420 g/mol. The Kier molecular flexibility index (Phi) is 6.46. The summed E-state index contributed by atoms with van der Waals surface area (Å²) in [5, 5.41) is 5.41. The number of esters is 1. The second-order valence-electron chi connectivity index (χ2n) is 7.38. The molecule has 2 N–H and O–H groups in total. The van der Waals surface area contributed by atoms with Crippen molar-refractivity contribution in [1.82, 2.24) is 10.2 Å². The van der Waals surface area contributed by atoms with Crippen molar-refractivity contribution in [2.45, 2.75) is 43.0 Å². The highest BCUT2D eigenvalue weighted by molar-refractivity contribution is 7.98. The average Bonchev–Trinajstić information content (AvgIpc) is 2.94. The van der Waals surface area contributed by atoms with Crippen LogP contribution in [0, 0.1) is 5.92 Å². The van der Waals surface area contributed by atoms with Crippen molar-refractivity contribution in [2.24, 2.45) is 5.92 Å². The minimum absolute atomic E-state index is 0.0111. The number of carbonyl (C=O) groups excluding carboxylic acids is 4. The van der Waals surface area contributed by atoms with Gasteiger partial charge in [0.2, 0.25) is 0 Å². The molecule has 0 bridgehead atoms. The Morgan fingerprint density at radius 3 is 2.66 bits per heavy atom. The number of carbonyl (C=O) groups is 4. The summed E-state index contributed by atoms with van der Waals surface area (Å²) in [4.78, 5) is 51.1. The van der Waals surface area contributed by atoms with Gasteiger partial charge in [0.1, 0.15) is 12.1 Å². The SMILES string of the molecule is CSc1ccc(NC(=O)COC(=O)CN2C(=O)NC3(CCCCC3C)C2=O)cc1. The zero-order valence-electron chi connectivity index (χ0n) is 16.5. The predicted octanol–water partition coefficient (Wildman–Crippen LogP) is 2.39. The first-order valence-corrected chi connectivity index (χ1v) is 10.8. The lowest BCUT2D eigenvalue weighted by molar-refractivity contribution is -0.150. The molecule has 0 aromatic heterocycles. The van der Waals surface area contributed by atoms with Crippen molar-refractivity contribution in [2.75, 3.05) is 24.7 Å². The third-order valence-electron chi connectivity index (χ3n) is 5.53. The summed E-state index contributed by atoms with van der Waals surface area (Å²) < 4.78 is 4.95. The van der Waals surface area contributed by atoms with Gasteiger partial charge in [0.15, 0.2) is 6.61 Å². The molecule has 9 heteroatoms. The number of thioether (sulfide) groups is 1. The van der Waals surface area contributed by atoms with Crippen molar-refractivity contribution in [1.29, 1.82) is 0 Å². The van der Waals surface area contributed by atoms with Crippen LogP contribution in [0.2, 0.25) is 0 Å². The van der Waals surface area contributed by atoms with E-state index in [9.17, 15) is 19.2 Å². The van der Waals surface area contributed by atoms with E-state index in [2.05, 4.69) is 10.6 Å². The number of hydrogen-bond acceptors (Lipinski definition) is 6. The summed E-state index contributed by atoms with van der Waals surface area (Å²) in [7, 11) is 0. The largest absolute Gasteiger partial charge is 0.454 e. The number of imide groups is 1. The van der Waals surface area contributed by atoms with Crippen LogP contribution in [0.4, 0.5) is 10.5 Å². The summed E-state index contributed by atoms with van der Waals surface area (Å²) in [5.41, 5.74) is -0.332. The van der Waals surface area contributed by atoms with Gasteiger partial charge in [-0.3, -0.25) is 19.3 Å². The molecule has 1 aliphatic heterocycles. The number of anilines is 1. The lowest BCUT2D eigenvalue weighted by atomic mass is 9.73. The maximum atomic E-state index is 12.8. The molecule has 2 unspecified atom stereocenters. The van der Waals surface area contributed by atoms with Gasteiger partial charge in [0, 0.05) is 10.6 Å². The number of nitrogens with zero attached hydrogens (tertiary/aromatic N) is 1. The first-order valence-electron chi connectivity index (χ1n) is 9.59. The fourth-order valence-corrected chi connectivity index (χ4v) is 4.24. The Bertz CT molecular complexity index is 813. The molecule has 156 valence electrons. The van der Waals surface area contributed by atoms with E-state index in [4.69, 9.17) is 4.74 Å². The molecule has 29 heavy (non-hydrogen) atoms. The quantitative estimate of drug-likeness (QED) is 0.417. The highest BCUT2D eigenvalue weighted by atomic mass is 32.2. The van der Waals surface area contributed by atoms with Crippen molar-refractivity contribution in [3.05, 3.63) is 24.3 Å². The van der Waals surface area contributed by atoms with Crippen LogP contribution in [0.25, 0.3) is 0 Å². The Morgan fingerprint density at radius 1 is 1.28 bits per heavy atom. The zero-order valence-corrected chi connectivity index (χ0v) is 17.3. The molecule has 1 saturated heterocycles. The van der Waals surface area contributed by atoms with Crippen LogP contribution >= 0.6 is 11.8 Å². The second kappa shape index (κ2) is 8.86. The molecule has 8 nitrogen and oxygen atoms in total. The number of nitrogens with one attached hydrogen (secondary N) is 2. The Balaban J connectivity index is 1.50. The van der Waals surface area contributed by atoms with E-state index < -0.39 is 36.6 Å². The van der Waals surface area contributed by atoms with E-state index in [-0.39, 0.29) is 11.8 Å². The molecule has 2 aliphatic rings. The van der Waals surface area contributed by atoms with Gasteiger partial charge in [0.25, 0.3) is 11.8 Å². The normalized spacial score (nSPS) is 23.8. The maximum absolute atomic E-state index is 12.8. The van der Waals surface area contributed by atoms with E-state index in [1.807, 2.05) is 25.3 Å². The molecule has 0 radical (unpaired) electrons. The fourth-order valence-electron chi connectivity index (χ4n) is 3.83. The summed E-state index contributed by atoms with van der Waals surface area (Å²) in [6, 6.07) is 6.66. The van der Waals surface area contributed by atoms with Crippen LogP contribution in [0.1, 0.15) is 32.6 Å². The molecule has 3 rings (SSSR count). The lowest BCUT2D eigenvalue weighted by Crippen LogP contribution is -2.54. The summed E-state index contributed by atoms with van der Waals surface area (Å²) in [6.07, 6.45) is 5.25. The van der Waals surface area contributed by atoms with Crippen LogP contribution in [0.3, 0.4) is 0 Å². The standard InChI is InChI=1S/C20H25N3O5S/c1-13-5-3-4-10-20(13)18(26)23(19(27)22-20)11-17(25)28-12-16(24)21-14-6-8-15(29-2)9-7-14/h6-9,13H,3-5,10-12H2,1-2H3,(H,21,24)(H,22,27). The van der Waals surface area contributed by atoms with Crippen LogP contribution in [-0.2, 0) is 19.1 Å². The lowest BCUT2D eigenvalue weighted by Gasteiger charge is -2.36. The highest BCUT2D eigenvalue weighted by Crippen LogP contribution is 2.38. The number of amides is 4. The maximum Gasteiger partial charge on any atom is 0.326 e. The predicted molar refractivity (Wildman–Crippen MR) is 108 cm³/mol. The van der Waals surface area contributed by atoms with Gasteiger partial charge in [0.05, 0.1) is 0 Å². The van der Waals surface area contributed by atoms with Gasteiger partial charge in [-0.1, -0.05) is 19.8 Å². The van der Waals surface area contributed by atoms with E-state index in [0.717, 1.165) is 29.1 Å². The molecular formula is C20H25N3O5S. The van der Waals surface area contributed by atoms with Crippen molar-refractivity contribution < 1.29 is 23.9 Å². The van der Waals surface area contributed by atoms with Gasteiger partial charge < -0.3 is 15.4 Å². The molecule has 1 aromatic carbocycles. The minimum atomic E-state index is -0.921. The molecule has 1 aromatic rings. The first kappa shape index (κ1) is 21.2. The number of ether oxygens (including phenoxy) is 1. The van der Waals surface area contributed by atoms with Crippen molar-refractivity contribution in [3.8, 4) is 0 Å². The Labute approximate surface area is 173 Å². The van der Waals surface area contributed by atoms with Gasteiger partial charge >= 0.3 is 12.0 Å². The molecule has 1 heterocycles. The van der Waals surface area contributed by atoms with E-state index in [1.54, 1.807) is 23.9 Å². The smallest absolute Gasteiger partial charge is 0.326 e. The van der Waals surface area contributed by atoms with E-state index >= 15 is 0 Å². The molecule has 1 saturated carbocycles. The van der Waals surface area contributed by atoms with Crippen LogP contribution in [0.5, 0.6) is 0 Å². The van der Waals surface area contributed by atoms with Crippen LogP contribution in [-0.4, -0.2) is 53.7 Å². The van der Waals surface area contributed by atoms with Crippen molar-refractivity contribution >= 4 is 41.3 Å². The number of rotatable bonds is 6. The summed E-state index contributed by atoms with van der Waals surface area (Å²) in [6.45, 7) is 0.943. The monoisotopic (exact) mass is 419 g/mol. The number of urea groups is 1. The topological polar surface area (TPSA) is 105 Å². The van der Waals surface area contributed by atoms with Crippen molar-refractivity contribution in [3.63, 3.8) is 0 Å². The molecule has 1 spiro atoms. The Hall–Kier alpha value is -2.55. The van der Waals surface area contributed by atoms with Gasteiger partial charge in [-0.15, -0.1) is 11.8 Å². The van der Waals surface area contributed by atoms with Crippen LogP contribution < -0.4 is 10.6 Å². The zero-order chi connectivity index (χ0) is 21.0. The Morgan fingerprint density at radius 2 is 2.00 bits per heavy atom. The first-order chi connectivity index (χ1) is 13.9. The van der Waals surface area contributed by atoms with Gasteiger partial charge in [-0.05, 0) is 49.3 Å². The number of hydrogen-bond donors (Lipinski definition) is 2. The number of benzene rings is 1. The van der Waals surface area contributed by atoms with E-state index in [0.29, 0.717) is 12.1 Å². The molecule has 1 aliphatic carbocycles.